The Morgan fingerprint density at radius 2 is 2.11 bits per heavy atom. The molecule has 5 nitrogen and oxygen atoms in total. The first-order valence-electron chi connectivity index (χ1n) is 6.43. The quantitative estimate of drug-likeness (QED) is 0.801. The average molecular weight is 245 g/mol. The molecule has 1 atom stereocenters. The molecule has 0 aromatic carbocycles. The van der Waals surface area contributed by atoms with Crippen molar-refractivity contribution in [1.29, 1.82) is 5.26 Å². The van der Waals surface area contributed by atoms with Gasteiger partial charge in [0.1, 0.15) is 11.6 Å². The highest BCUT2D eigenvalue weighted by Gasteiger charge is 2.23. The largest absolute Gasteiger partial charge is 0.354 e. The normalized spacial score (nSPS) is 18.4. The molecule has 1 saturated heterocycles. The Balaban J connectivity index is 1.97. The lowest BCUT2D eigenvalue weighted by Crippen LogP contribution is -2.50. The molecule has 1 aromatic rings. The van der Waals surface area contributed by atoms with E-state index in [1.54, 1.807) is 6.20 Å². The number of hydrogen-bond donors (Lipinski definition) is 0. The molecule has 1 aromatic heterocycles. The molecule has 96 valence electrons. The van der Waals surface area contributed by atoms with Gasteiger partial charge in [-0.2, -0.15) is 5.26 Å². The molecule has 5 heteroatoms. The van der Waals surface area contributed by atoms with Gasteiger partial charge in [-0.1, -0.05) is 6.92 Å². The monoisotopic (exact) mass is 245 g/mol. The summed E-state index contributed by atoms with van der Waals surface area (Å²) in [6, 6.07) is 4.37. The lowest BCUT2D eigenvalue weighted by atomic mass is 10.2. The number of hydrogen-bond acceptors (Lipinski definition) is 5. The van der Waals surface area contributed by atoms with Gasteiger partial charge in [-0.3, -0.25) is 4.90 Å². The van der Waals surface area contributed by atoms with Crippen molar-refractivity contribution in [2.75, 3.05) is 31.1 Å². The second kappa shape index (κ2) is 5.78. The predicted molar refractivity (Wildman–Crippen MR) is 70.2 cm³/mol. The fourth-order valence-electron chi connectivity index (χ4n) is 2.31. The zero-order chi connectivity index (χ0) is 13.0. The van der Waals surface area contributed by atoms with Crippen molar-refractivity contribution in [3.05, 3.63) is 18.1 Å². The number of nitrogens with zero attached hydrogens (tertiary/aromatic N) is 5. The summed E-state index contributed by atoms with van der Waals surface area (Å²) in [6.45, 7) is 7.67. The topological polar surface area (TPSA) is 56.1 Å². The van der Waals surface area contributed by atoms with Crippen LogP contribution < -0.4 is 4.90 Å². The van der Waals surface area contributed by atoms with E-state index in [2.05, 4.69) is 32.8 Å². The number of piperazine rings is 1. The molecule has 0 aliphatic carbocycles. The summed E-state index contributed by atoms with van der Waals surface area (Å²) in [4.78, 5) is 13.1. The summed E-state index contributed by atoms with van der Waals surface area (Å²) in [7, 11) is 0. The third-order valence-electron chi connectivity index (χ3n) is 3.38. The first-order chi connectivity index (χ1) is 8.74. The van der Waals surface area contributed by atoms with E-state index in [9.17, 15) is 0 Å². The molecule has 0 spiro atoms. The highest BCUT2D eigenvalue weighted by Crippen LogP contribution is 2.15. The van der Waals surface area contributed by atoms with E-state index in [0.29, 0.717) is 0 Å². The van der Waals surface area contributed by atoms with Crippen LogP contribution in [0.15, 0.2) is 12.3 Å². The predicted octanol–water partition coefficient (Wildman–Crippen LogP) is 1.21. The van der Waals surface area contributed by atoms with E-state index < -0.39 is 0 Å². The van der Waals surface area contributed by atoms with Crippen LogP contribution in [0.1, 0.15) is 19.2 Å². The maximum atomic E-state index is 9.07. The summed E-state index contributed by atoms with van der Waals surface area (Å²) < 4.78 is 0. The van der Waals surface area contributed by atoms with Gasteiger partial charge in [0.25, 0.3) is 0 Å². The number of aromatic nitrogens is 2. The van der Waals surface area contributed by atoms with E-state index in [1.807, 2.05) is 13.0 Å². The molecule has 2 heterocycles. The molecule has 0 amide bonds. The van der Waals surface area contributed by atoms with Gasteiger partial charge in [0, 0.05) is 32.4 Å². The first-order valence-corrected chi connectivity index (χ1v) is 6.43. The summed E-state index contributed by atoms with van der Waals surface area (Å²) in [6.07, 6.45) is 2.69. The Kier molecular flexibility index (Phi) is 4.11. The van der Waals surface area contributed by atoms with Gasteiger partial charge in [0.2, 0.25) is 0 Å². The van der Waals surface area contributed by atoms with Gasteiger partial charge in [-0.25, -0.2) is 9.97 Å². The molecule has 1 aliphatic rings. The summed E-state index contributed by atoms with van der Waals surface area (Å²) >= 11 is 0. The molecule has 0 N–H and O–H groups in total. The fraction of sp³-hybridized carbons (Fsp3) is 0.615. The molecule has 1 unspecified atom stereocenters. The van der Waals surface area contributed by atoms with E-state index in [4.69, 9.17) is 5.26 Å². The van der Waals surface area contributed by atoms with Gasteiger partial charge in [0.05, 0.1) is 12.1 Å². The van der Waals surface area contributed by atoms with Gasteiger partial charge >= 0.3 is 0 Å². The van der Waals surface area contributed by atoms with Crippen LogP contribution in [0.25, 0.3) is 0 Å². The van der Waals surface area contributed by atoms with Crippen molar-refractivity contribution in [3.63, 3.8) is 0 Å². The number of aryl methyl sites for hydroxylation is 1. The maximum Gasteiger partial charge on any atom is 0.132 e. The molecular formula is C13H19N5. The lowest BCUT2D eigenvalue weighted by molar-refractivity contribution is 0.216. The van der Waals surface area contributed by atoms with Crippen LogP contribution in [0.3, 0.4) is 0 Å². The Labute approximate surface area is 108 Å². The number of rotatable bonds is 3. The minimum absolute atomic E-state index is 0.0549. The SMILES string of the molecule is CCC(C#N)N1CCN(c2ccnc(C)n2)CC1. The Hall–Kier alpha value is -1.67. The molecule has 1 aliphatic heterocycles. The number of nitriles is 1. The van der Waals surface area contributed by atoms with Crippen LogP contribution in [0, 0.1) is 18.3 Å². The lowest BCUT2D eigenvalue weighted by Gasteiger charge is -2.37. The molecule has 2 rings (SSSR count). The van der Waals surface area contributed by atoms with E-state index in [1.165, 1.54) is 0 Å². The maximum absolute atomic E-state index is 9.07. The van der Waals surface area contributed by atoms with E-state index >= 15 is 0 Å². The second-order valence-corrected chi connectivity index (χ2v) is 4.54. The summed E-state index contributed by atoms with van der Waals surface area (Å²) in [5.41, 5.74) is 0. The minimum atomic E-state index is 0.0549. The van der Waals surface area contributed by atoms with Crippen molar-refractivity contribution >= 4 is 5.82 Å². The average Bonchev–Trinajstić information content (AvgIpc) is 2.41. The van der Waals surface area contributed by atoms with Gasteiger partial charge in [-0.05, 0) is 19.4 Å². The Morgan fingerprint density at radius 1 is 1.39 bits per heavy atom. The first kappa shape index (κ1) is 12.8. The van der Waals surface area contributed by atoms with Crippen LogP contribution in [0.2, 0.25) is 0 Å². The third kappa shape index (κ3) is 2.77. The third-order valence-corrected chi connectivity index (χ3v) is 3.38. The van der Waals surface area contributed by atoms with Crippen molar-refractivity contribution in [2.45, 2.75) is 26.3 Å². The Bertz CT molecular complexity index is 431. The zero-order valence-electron chi connectivity index (χ0n) is 11.0. The standard InChI is InChI=1S/C13H19N5/c1-3-12(10-14)17-6-8-18(9-7-17)13-4-5-15-11(2)16-13/h4-5,12H,3,6-9H2,1-2H3. The molecular weight excluding hydrogens is 226 g/mol. The zero-order valence-corrected chi connectivity index (χ0v) is 11.0. The van der Waals surface area contributed by atoms with Gasteiger partial charge in [-0.15, -0.1) is 0 Å². The van der Waals surface area contributed by atoms with Crippen molar-refractivity contribution in [1.82, 2.24) is 14.9 Å². The number of anilines is 1. The van der Waals surface area contributed by atoms with Crippen LogP contribution >= 0.6 is 0 Å². The molecule has 0 bridgehead atoms. The van der Waals surface area contributed by atoms with Crippen LogP contribution in [-0.2, 0) is 0 Å². The van der Waals surface area contributed by atoms with Crippen molar-refractivity contribution in [2.24, 2.45) is 0 Å². The molecule has 1 fully saturated rings. The van der Waals surface area contributed by atoms with Crippen molar-refractivity contribution in [3.8, 4) is 6.07 Å². The highest BCUT2D eigenvalue weighted by atomic mass is 15.3. The minimum Gasteiger partial charge on any atom is -0.354 e. The highest BCUT2D eigenvalue weighted by molar-refractivity contribution is 5.38. The molecule has 18 heavy (non-hydrogen) atoms. The van der Waals surface area contributed by atoms with E-state index in [-0.39, 0.29) is 6.04 Å². The van der Waals surface area contributed by atoms with Crippen LogP contribution in [-0.4, -0.2) is 47.1 Å². The van der Waals surface area contributed by atoms with Gasteiger partial charge < -0.3 is 4.90 Å². The van der Waals surface area contributed by atoms with E-state index in [0.717, 1.165) is 44.2 Å². The fourth-order valence-corrected chi connectivity index (χ4v) is 2.31. The molecule has 0 radical (unpaired) electrons. The summed E-state index contributed by atoms with van der Waals surface area (Å²) in [5, 5.41) is 9.07. The smallest absolute Gasteiger partial charge is 0.132 e. The summed E-state index contributed by atoms with van der Waals surface area (Å²) in [5.74, 6) is 1.80. The van der Waals surface area contributed by atoms with Crippen LogP contribution in [0.5, 0.6) is 0 Å². The Morgan fingerprint density at radius 3 is 2.67 bits per heavy atom. The van der Waals surface area contributed by atoms with Gasteiger partial charge in [0.15, 0.2) is 0 Å². The molecule has 0 saturated carbocycles. The van der Waals surface area contributed by atoms with Crippen LogP contribution in [0.4, 0.5) is 5.82 Å². The van der Waals surface area contributed by atoms with Crippen molar-refractivity contribution < 1.29 is 0 Å². The second-order valence-electron chi connectivity index (χ2n) is 4.54.